The molecular formula is C20H26N4O. The van der Waals surface area contributed by atoms with Gasteiger partial charge in [-0.3, -0.25) is 14.5 Å². The maximum atomic E-state index is 13.2. The quantitative estimate of drug-likeness (QED) is 0.853. The largest absolute Gasteiger partial charge is 0.329 e. The van der Waals surface area contributed by atoms with E-state index in [1.807, 2.05) is 29.2 Å². The van der Waals surface area contributed by atoms with Gasteiger partial charge in [0.2, 0.25) is 0 Å². The van der Waals surface area contributed by atoms with Crippen molar-refractivity contribution in [1.82, 2.24) is 19.7 Å². The smallest absolute Gasteiger partial charge is 0.274 e. The van der Waals surface area contributed by atoms with Crippen LogP contribution in [0.3, 0.4) is 0 Å². The molecule has 0 bridgehead atoms. The normalized spacial score (nSPS) is 20.9. The SMILES string of the molecule is CC(C)(C)n1nc(C(=O)N2CCC[C@@H]2c2ccccn2)cc1C1CC1. The Balaban J connectivity index is 1.64. The highest BCUT2D eigenvalue weighted by atomic mass is 16.2. The van der Waals surface area contributed by atoms with Gasteiger partial charge in [0.05, 0.1) is 17.3 Å². The average molecular weight is 338 g/mol. The lowest BCUT2D eigenvalue weighted by Crippen LogP contribution is -2.32. The molecule has 4 rings (SSSR count). The van der Waals surface area contributed by atoms with Crippen LogP contribution >= 0.6 is 0 Å². The van der Waals surface area contributed by atoms with Crippen LogP contribution in [0.2, 0.25) is 0 Å². The third-order valence-electron chi connectivity index (χ3n) is 5.13. The second-order valence-corrected chi connectivity index (χ2v) is 8.22. The molecule has 0 unspecified atom stereocenters. The molecule has 1 aliphatic carbocycles. The molecule has 2 aromatic heterocycles. The molecule has 132 valence electrons. The van der Waals surface area contributed by atoms with Gasteiger partial charge in [-0.05, 0) is 64.7 Å². The second kappa shape index (κ2) is 5.97. The molecule has 2 fully saturated rings. The number of hydrogen-bond acceptors (Lipinski definition) is 3. The topological polar surface area (TPSA) is 51.0 Å². The van der Waals surface area contributed by atoms with Crippen LogP contribution in [0.15, 0.2) is 30.5 Å². The molecule has 1 amide bonds. The fourth-order valence-electron chi connectivity index (χ4n) is 3.74. The first-order chi connectivity index (χ1) is 11.9. The van der Waals surface area contributed by atoms with Gasteiger partial charge < -0.3 is 4.90 Å². The first-order valence-electron chi connectivity index (χ1n) is 9.27. The molecule has 1 atom stereocenters. The maximum Gasteiger partial charge on any atom is 0.274 e. The number of aromatic nitrogens is 3. The fourth-order valence-corrected chi connectivity index (χ4v) is 3.74. The van der Waals surface area contributed by atoms with Crippen LogP contribution in [0.1, 0.15) is 80.3 Å². The van der Waals surface area contributed by atoms with E-state index in [4.69, 9.17) is 5.10 Å². The van der Waals surface area contributed by atoms with Crippen LogP contribution in [-0.2, 0) is 5.54 Å². The summed E-state index contributed by atoms with van der Waals surface area (Å²) in [5, 5.41) is 4.72. The second-order valence-electron chi connectivity index (χ2n) is 8.22. The Hall–Kier alpha value is -2.17. The lowest BCUT2D eigenvalue weighted by Gasteiger charge is -2.24. The lowest BCUT2D eigenvalue weighted by atomic mass is 10.1. The summed E-state index contributed by atoms with van der Waals surface area (Å²) in [7, 11) is 0. The first-order valence-corrected chi connectivity index (χ1v) is 9.27. The van der Waals surface area contributed by atoms with E-state index in [2.05, 4.69) is 30.4 Å². The Kier molecular flexibility index (Phi) is 3.89. The molecule has 2 aromatic rings. The van der Waals surface area contributed by atoms with Crippen LogP contribution in [0.25, 0.3) is 0 Å². The molecule has 0 radical (unpaired) electrons. The van der Waals surface area contributed by atoms with E-state index in [-0.39, 0.29) is 17.5 Å². The van der Waals surface area contributed by atoms with Crippen molar-refractivity contribution in [3.05, 3.63) is 47.5 Å². The lowest BCUT2D eigenvalue weighted by molar-refractivity contribution is 0.0725. The van der Waals surface area contributed by atoms with E-state index >= 15 is 0 Å². The highest BCUT2D eigenvalue weighted by Crippen LogP contribution is 2.42. The van der Waals surface area contributed by atoms with E-state index in [9.17, 15) is 4.79 Å². The van der Waals surface area contributed by atoms with Gasteiger partial charge in [-0.1, -0.05) is 6.07 Å². The molecule has 2 aliphatic rings. The van der Waals surface area contributed by atoms with Gasteiger partial charge in [-0.25, -0.2) is 0 Å². The van der Waals surface area contributed by atoms with Crippen molar-refractivity contribution in [2.45, 2.75) is 64.0 Å². The zero-order valence-corrected chi connectivity index (χ0v) is 15.3. The molecule has 3 heterocycles. The molecule has 1 saturated heterocycles. The van der Waals surface area contributed by atoms with E-state index in [1.165, 1.54) is 18.5 Å². The summed E-state index contributed by atoms with van der Waals surface area (Å²) in [6.45, 7) is 7.22. The zero-order chi connectivity index (χ0) is 17.6. The summed E-state index contributed by atoms with van der Waals surface area (Å²) in [6.07, 6.45) is 6.20. The Bertz CT molecular complexity index is 771. The summed E-state index contributed by atoms with van der Waals surface area (Å²) in [4.78, 5) is 19.6. The average Bonchev–Trinajstić information content (AvgIpc) is 3.14. The maximum absolute atomic E-state index is 13.2. The summed E-state index contributed by atoms with van der Waals surface area (Å²) in [5.74, 6) is 0.608. The van der Waals surface area contributed by atoms with Crippen molar-refractivity contribution in [3.63, 3.8) is 0 Å². The van der Waals surface area contributed by atoms with Gasteiger partial charge in [0, 0.05) is 24.4 Å². The molecule has 5 nitrogen and oxygen atoms in total. The number of nitrogens with zero attached hydrogens (tertiary/aromatic N) is 4. The highest BCUT2D eigenvalue weighted by molar-refractivity contribution is 5.93. The Labute approximate surface area is 149 Å². The van der Waals surface area contributed by atoms with E-state index in [0.29, 0.717) is 11.6 Å². The molecule has 1 saturated carbocycles. The van der Waals surface area contributed by atoms with Gasteiger partial charge in [-0.2, -0.15) is 5.10 Å². The number of hydrogen-bond donors (Lipinski definition) is 0. The van der Waals surface area contributed by atoms with Gasteiger partial charge >= 0.3 is 0 Å². The van der Waals surface area contributed by atoms with Crippen molar-refractivity contribution in [3.8, 4) is 0 Å². The highest BCUT2D eigenvalue weighted by Gasteiger charge is 2.36. The third kappa shape index (κ3) is 3.08. The number of rotatable bonds is 3. The molecule has 25 heavy (non-hydrogen) atoms. The number of likely N-dealkylation sites (tertiary alicyclic amines) is 1. The number of pyridine rings is 1. The van der Waals surface area contributed by atoms with E-state index in [0.717, 1.165) is 25.1 Å². The standard InChI is InChI=1S/C20H26N4O/c1-20(2,3)24-18(14-9-10-14)13-16(22-24)19(25)23-12-6-8-17(23)15-7-4-5-11-21-15/h4-5,7,11,13-14,17H,6,8-10,12H2,1-3H3/t17-/m1/s1. The van der Waals surface area contributed by atoms with Crippen molar-refractivity contribution < 1.29 is 4.79 Å². The Morgan fingerprint density at radius 1 is 1.20 bits per heavy atom. The van der Waals surface area contributed by atoms with Crippen LogP contribution in [-0.4, -0.2) is 32.1 Å². The Morgan fingerprint density at radius 2 is 2.00 bits per heavy atom. The Morgan fingerprint density at radius 3 is 2.64 bits per heavy atom. The van der Waals surface area contributed by atoms with Crippen LogP contribution in [0.4, 0.5) is 0 Å². The summed E-state index contributed by atoms with van der Waals surface area (Å²) >= 11 is 0. The summed E-state index contributed by atoms with van der Waals surface area (Å²) < 4.78 is 2.06. The molecule has 1 aliphatic heterocycles. The number of carbonyl (C=O) groups is 1. The van der Waals surface area contributed by atoms with Crippen molar-refractivity contribution in [1.29, 1.82) is 0 Å². The van der Waals surface area contributed by atoms with Crippen molar-refractivity contribution >= 4 is 5.91 Å². The van der Waals surface area contributed by atoms with Gasteiger partial charge in [0.25, 0.3) is 5.91 Å². The minimum Gasteiger partial charge on any atom is -0.329 e. The fraction of sp³-hybridized carbons (Fsp3) is 0.550. The van der Waals surface area contributed by atoms with Gasteiger partial charge in [0.1, 0.15) is 0 Å². The third-order valence-corrected chi connectivity index (χ3v) is 5.13. The number of amides is 1. The minimum absolute atomic E-state index is 0.0399. The van der Waals surface area contributed by atoms with Gasteiger partial charge in [-0.15, -0.1) is 0 Å². The molecule has 0 N–H and O–H groups in total. The van der Waals surface area contributed by atoms with E-state index < -0.39 is 0 Å². The monoisotopic (exact) mass is 338 g/mol. The van der Waals surface area contributed by atoms with Crippen LogP contribution in [0.5, 0.6) is 0 Å². The molecule has 0 aromatic carbocycles. The predicted octanol–water partition coefficient (Wildman–Crippen LogP) is 3.89. The van der Waals surface area contributed by atoms with Crippen molar-refractivity contribution in [2.75, 3.05) is 6.54 Å². The van der Waals surface area contributed by atoms with Crippen LogP contribution < -0.4 is 0 Å². The summed E-state index contributed by atoms with van der Waals surface area (Å²) in [5.41, 5.74) is 2.66. The predicted molar refractivity (Wildman–Crippen MR) is 96.4 cm³/mol. The zero-order valence-electron chi connectivity index (χ0n) is 15.3. The summed E-state index contributed by atoms with van der Waals surface area (Å²) in [6, 6.07) is 8.01. The number of carbonyl (C=O) groups excluding carboxylic acids is 1. The molecule has 5 heteroatoms. The van der Waals surface area contributed by atoms with Crippen LogP contribution in [0, 0.1) is 0 Å². The molecule has 0 spiro atoms. The minimum atomic E-state index is -0.109. The first kappa shape index (κ1) is 16.3. The van der Waals surface area contributed by atoms with E-state index in [1.54, 1.807) is 6.20 Å². The van der Waals surface area contributed by atoms with Gasteiger partial charge in [0.15, 0.2) is 5.69 Å². The van der Waals surface area contributed by atoms with Crippen molar-refractivity contribution in [2.24, 2.45) is 0 Å². The molecular weight excluding hydrogens is 312 g/mol.